The predicted octanol–water partition coefficient (Wildman–Crippen LogP) is 1.97. The number of imidazole rings is 1. The molecule has 0 atom stereocenters. The molecule has 0 spiro atoms. The topological polar surface area (TPSA) is 74.8 Å². The van der Waals surface area contributed by atoms with Gasteiger partial charge in [0.05, 0.1) is 24.2 Å². The smallest absolute Gasteiger partial charge is 0.148 e. The van der Waals surface area contributed by atoms with Crippen molar-refractivity contribution in [2.45, 2.75) is 6.54 Å². The molecular formula is C13H16BrN3O2S. The molecule has 0 aliphatic carbocycles. The molecule has 20 heavy (non-hydrogen) atoms. The van der Waals surface area contributed by atoms with E-state index in [9.17, 15) is 8.42 Å². The fourth-order valence-corrected chi connectivity index (χ4v) is 2.63. The Morgan fingerprint density at radius 3 is 2.90 bits per heavy atom. The zero-order chi connectivity index (χ0) is 14.6. The number of halogens is 1. The molecule has 2 N–H and O–H groups in total. The largest absolute Gasteiger partial charge is 0.341 e. The van der Waals surface area contributed by atoms with Crippen LogP contribution in [0.4, 0.5) is 0 Å². The number of H-pyrrole nitrogens is 1. The molecule has 0 amide bonds. The summed E-state index contributed by atoms with van der Waals surface area (Å²) in [5.41, 5.74) is 1.99. The van der Waals surface area contributed by atoms with Gasteiger partial charge in [0.25, 0.3) is 0 Å². The van der Waals surface area contributed by atoms with Crippen LogP contribution in [-0.2, 0) is 16.4 Å². The molecule has 0 aliphatic heterocycles. The highest BCUT2D eigenvalue weighted by Gasteiger charge is 2.05. The normalized spacial score (nSPS) is 11.7. The molecule has 0 radical (unpaired) electrons. The first-order valence-corrected chi connectivity index (χ1v) is 8.98. The molecule has 0 bridgehead atoms. The van der Waals surface area contributed by atoms with Crippen LogP contribution in [0.3, 0.4) is 0 Å². The number of nitrogens with zero attached hydrogens (tertiary/aromatic N) is 1. The molecule has 108 valence electrons. The van der Waals surface area contributed by atoms with Crippen LogP contribution in [0.1, 0.15) is 5.82 Å². The zero-order valence-electron chi connectivity index (χ0n) is 11.1. The van der Waals surface area contributed by atoms with Crippen molar-refractivity contribution >= 4 is 25.8 Å². The van der Waals surface area contributed by atoms with Gasteiger partial charge in [0, 0.05) is 22.8 Å². The summed E-state index contributed by atoms with van der Waals surface area (Å²) >= 11 is 3.43. The number of hydrogen-bond acceptors (Lipinski definition) is 4. The Kier molecular flexibility index (Phi) is 4.95. The third-order valence-corrected chi connectivity index (χ3v) is 4.15. The first-order chi connectivity index (χ1) is 9.44. The third kappa shape index (κ3) is 4.73. The van der Waals surface area contributed by atoms with E-state index in [0.717, 1.165) is 21.6 Å². The average Bonchev–Trinajstić information content (AvgIpc) is 2.82. The number of benzene rings is 1. The van der Waals surface area contributed by atoms with E-state index >= 15 is 0 Å². The fourth-order valence-electron chi connectivity index (χ4n) is 1.72. The van der Waals surface area contributed by atoms with Crippen LogP contribution in [0.5, 0.6) is 0 Å². The van der Waals surface area contributed by atoms with E-state index < -0.39 is 9.84 Å². The van der Waals surface area contributed by atoms with E-state index in [4.69, 9.17) is 0 Å². The molecule has 0 fully saturated rings. The quantitative estimate of drug-likeness (QED) is 0.775. The highest BCUT2D eigenvalue weighted by molar-refractivity contribution is 9.10. The molecule has 1 aromatic heterocycles. The van der Waals surface area contributed by atoms with E-state index in [0.29, 0.717) is 13.1 Å². The van der Waals surface area contributed by atoms with Crippen LogP contribution in [0, 0.1) is 0 Å². The summed E-state index contributed by atoms with van der Waals surface area (Å²) in [5.74, 6) is 0.917. The Bertz CT molecular complexity index is 682. The van der Waals surface area contributed by atoms with E-state index in [2.05, 4.69) is 31.2 Å². The summed E-state index contributed by atoms with van der Waals surface area (Å²) < 4.78 is 23.0. The Labute approximate surface area is 126 Å². The van der Waals surface area contributed by atoms with Crippen molar-refractivity contribution in [3.63, 3.8) is 0 Å². The first kappa shape index (κ1) is 15.2. The van der Waals surface area contributed by atoms with Gasteiger partial charge in [0.1, 0.15) is 15.7 Å². The lowest BCUT2D eigenvalue weighted by molar-refractivity contribution is 0.595. The summed E-state index contributed by atoms with van der Waals surface area (Å²) in [6, 6.07) is 7.94. The maximum Gasteiger partial charge on any atom is 0.148 e. The van der Waals surface area contributed by atoms with Crippen LogP contribution in [0.2, 0.25) is 0 Å². The minimum absolute atomic E-state index is 0.131. The molecule has 0 saturated heterocycles. The Morgan fingerprint density at radius 2 is 2.20 bits per heavy atom. The molecule has 5 nitrogen and oxygen atoms in total. The van der Waals surface area contributed by atoms with Crippen molar-refractivity contribution in [2.24, 2.45) is 0 Å². The van der Waals surface area contributed by atoms with Crippen LogP contribution < -0.4 is 5.32 Å². The van der Waals surface area contributed by atoms with Gasteiger partial charge < -0.3 is 10.3 Å². The van der Waals surface area contributed by atoms with E-state index in [1.807, 2.05) is 24.3 Å². The number of hydrogen-bond donors (Lipinski definition) is 2. The number of sulfone groups is 1. The molecule has 7 heteroatoms. The lowest BCUT2D eigenvalue weighted by Crippen LogP contribution is -2.22. The average molecular weight is 358 g/mol. The second-order valence-corrected chi connectivity index (χ2v) is 7.74. The number of aromatic nitrogens is 2. The summed E-state index contributed by atoms with van der Waals surface area (Å²) in [7, 11) is -2.92. The lowest BCUT2D eigenvalue weighted by atomic mass is 10.2. The maximum absolute atomic E-state index is 11.0. The van der Waals surface area contributed by atoms with Gasteiger partial charge in [-0.05, 0) is 12.1 Å². The second kappa shape index (κ2) is 6.51. The lowest BCUT2D eigenvalue weighted by Gasteiger charge is -2.01. The highest BCUT2D eigenvalue weighted by Crippen LogP contribution is 2.21. The summed E-state index contributed by atoms with van der Waals surface area (Å²) in [5, 5.41) is 3.05. The highest BCUT2D eigenvalue weighted by atomic mass is 79.9. The van der Waals surface area contributed by atoms with Gasteiger partial charge in [-0.2, -0.15) is 0 Å². The molecule has 0 saturated carbocycles. The van der Waals surface area contributed by atoms with Crippen molar-refractivity contribution in [3.8, 4) is 11.3 Å². The predicted molar refractivity (Wildman–Crippen MR) is 83.1 cm³/mol. The van der Waals surface area contributed by atoms with Gasteiger partial charge in [0.2, 0.25) is 0 Å². The first-order valence-electron chi connectivity index (χ1n) is 6.12. The fraction of sp³-hybridized carbons (Fsp3) is 0.308. The van der Waals surface area contributed by atoms with Gasteiger partial charge in [0.15, 0.2) is 0 Å². The van der Waals surface area contributed by atoms with Crippen LogP contribution in [-0.4, -0.2) is 36.9 Å². The summed E-state index contributed by atoms with van der Waals surface area (Å²) in [6.07, 6.45) is 3.00. The van der Waals surface area contributed by atoms with Crippen molar-refractivity contribution in [3.05, 3.63) is 40.8 Å². The third-order valence-electron chi connectivity index (χ3n) is 2.71. The van der Waals surface area contributed by atoms with Gasteiger partial charge in [-0.1, -0.05) is 28.1 Å². The number of nitrogens with one attached hydrogen (secondary N) is 2. The van der Waals surface area contributed by atoms with Gasteiger partial charge in [-0.25, -0.2) is 13.4 Å². The minimum atomic E-state index is -2.92. The zero-order valence-corrected chi connectivity index (χ0v) is 13.5. The molecule has 2 rings (SSSR count). The van der Waals surface area contributed by atoms with E-state index in [-0.39, 0.29) is 5.75 Å². The maximum atomic E-state index is 11.0. The summed E-state index contributed by atoms with van der Waals surface area (Å²) in [4.78, 5) is 7.48. The molecule has 1 aromatic carbocycles. The van der Waals surface area contributed by atoms with Crippen LogP contribution >= 0.6 is 15.9 Å². The molecule has 0 aliphatic rings. The molecular weight excluding hydrogens is 342 g/mol. The Balaban J connectivity index is 1.93. The van der Waals surface area contributed by atoms with Crippen molar-refractivity contribution in [2.75, 3.05) is 18.6 Å². The van der Waals surface area contributed by atoms with Gasteiger partial charge in [-0.15, -0.1) is 0 Å². The van der Waals surface area contributed by atoms with E-state index in [1.54, 1.807) is 6.20 Å². The number of rotatable bonds is 6. The Hall–Kier alpha value is -1.18. The van der Waals surface area contributed by atoms with Gasteiger partial charge >= 0.3 is 0 Å². The Morgan fingerprint density at radius 1 is 1.40 bits per heavy atom. The van der Waals surface area contributed by atoms with Crippen LogP contribution in [0.25, 0.3) is 11.3 Å². The van der Waals surface area contributed by atoms with E-state index in [1.165, 1.54) is 6.26 Å². The van der Waals surface area contributed by atoms with Crippen molar-refractivity contribution in [1.82, 2.24) is 15.3 Å². The molecule has 1 heterocycles. The second-order valence-electron chi connectivity index (χ2n) is 4.56. The number of aromatic amines is 1. The van der Waals surface area contributed by atoms with Crippen LogP contribution in [0.15, 0.2) is 34.9 Å². The van der Waals surface area contributed by atoms with Gasteiger partial charge in [-0.3, -0.25) is 0 Å². The SMILES string of the molecule is CS(=O)(=O)CCNCc1ncc(-c2cccc(Br)c2)[nH]1. The van der Waals surface area contributed by atoms with Crippen molar-refractivity contribution in [1.29, 1.82) is 0 Å². The summed E-state index contributed by atoms with van der Waals surface area (Å²) in [6.45, 7) is 0.940. The standard InChI is InChI=1S/C13H16BrN3O2S/c1-20(18,19)6-5-15-9-13-16-8-12(17-13)10-3-2-4-11(14)7-10/h2-4,7-8,15H,5-6,9H2,1H3,(H,16,17). The molecule has 0 unspecified atom stereocenters. The van der Waals surface area contributed by atoms with Crippen molar-refractivity contribution < 1.29 is 8.42 Å². The molecule has 2 aromatic rings. The monoisotopic (exact) mass is 357 g/mol. The minimum Gasteiger partial charge on any atom is -0.341 e.